The molecule has 0 spiro atoms. The fourth-order valence-corrected chi connectivity index (χ4v) is 5.12. The van der Waals surface area contributed by atoms with Gasteiger partial charge in [0, 0.05) is 43.1 Å². The van der Waals surface area contributed by atoms with E-state index in [1.54, 1.807) is 0 Å². The summed E-state index contributed by atoms with van der Waals surface area (Å²) >= 11 is 1.37. The van der Waals surface area contributed by atoms with Gasteiger partial charge in [-0.05, 0) is 44.2 Å². The first-order valence-electron chi connectivity index (χ1n) is 11.0. The molecule has 4 rings (SSSR count). The number of hydrogen-bond acceptors (Lipinski definition) is 6. The van der Waals surface area contributed by atoms with Crippen molar-refractivity contribution in [3.8, 4) is 0 Å². The number of para-hydroxylation sites is 1. The van der Waals surface area contributed by atoms with Crippen molar-refractivity contribution in [2.24, 2.45) is 0 Å². The molecule has 1 saturated heterocycles. The van der Waals surface area contributed by atoms with E-state index in [4.69, 9.17) is 4.74 Å². The van der Waals surface area contributed by atoms with Crippen molar-refractivity contribution in [2.45, 2.75) is 44.2 Å². The van der Waals surface area contributed by atoms with Gasteiger partial charge in [-0.2, -0.15) is 4.98 Å². The van der Waals surface area contributed by atoms with Gasteiger partial charge >= 0.3 is 5.69 Å². The number of aromatic nitrogens is 2. The molecule has 8 heteroatoms. The number of benzene rings is 1. The molecule has 1 aromatic carbocycles. The lowest BCUT2D eigenvalue weighted by molar-refractivity contribution is -0.113. The number of aryl methyl sites for hydroxylation is 1. The highest BCUT2D eigenvalue weighted by molar-refractivity contribution is 8.00. The van der Waals surface area contributed by atoms with Gasteiger partial charge in [0.25, 0.3) is 0 Å². The van der Waals surface area contributed by atoms with Crippen molar-refractivity contribution in [3.05, 3.63) is 51.6 Å². The van der Waals surface area contributed by atoms with Crippen molar-refractivity contribution in [3.63, 3.8) is 0 Å². The number of anilines is 1. The van der Waals surface area contributed by atoms with Gasteiger partial charge in [-0.3, -0.25) is 14.3 Å². The summed E-state index contributed by atoms with van der Waals surface area (Å²) in [5, 5.41) is 3.67. The zero-order valence-electron chi connectivity index (χ0n) is 18.1. The smallest absolute Gasteiger partial charge is 0.348 e. The molecule has 0 saturated carbocycles. The minimum Gasteiger partial charge on any atom is -0.379 e. The molecule has 1 aromatic heterocycles. The van der Waals surface area contributed by atoms with Crippen molar-refractivity contribution >= 4 is 23.4 Å². The van der Waals surface area contributed by atoms with Crippen LogP contribution in [0.15, 0.2) is 34.1 Å². The Kier molecular flexibility index (Phi) is 7.42. The molecular weight excluding hydrogens is 412 g/mol. The summed E-state index contributed by atoms with van der Waals surface area (Å²) in [5.41, 5.74) is 3.93. The summed E-state index contributed by atoms with van der Waals surface area (Å²) < 4.78 is 7.26. The van der Waals surface area contributed by atoms with Gasteiger partial charge in [-0.25, -0.2) is 4.79 Å². The van der Waals surface area contributed by atoms with Crippen LogP contribution < -0.4 is 11.0 Å². The first-order chi connectivity index (χ1) is 15.1. The van der Waals surface area contributed by atoms with Crippen LogP contribution in [0.2, 0.25) is 0 Å². The minimum atomic E-state index is -0.190. The van der Waals surface area contributed by atoms with Gasteiger partial charge in [-0.15, -0.1) is 0 Å². The lowest BCUT2D eigenvalue weighted by atomic mass is 10.2. The molecule has 0 bridgehead atoms. The van der Waals surface area contributed by atoms with Crippen LogP contribution in [-0.2, 0) is 28.9 Å². The second kappa shape index (κ2) is 10.4. The molecule has 1 aliphatic carbocycles. The van der Waals surface area contributed by atoms with E-state index in [-0.39, 0.29) is 17.3 Å². The molecule has 166 valence electrons. The van der Waals surface area contributed by atoms with Gasteiger partial charge < -0.3 is 10.1 Å². The lowest BCUT2D eigenvalue weighted by Crippen LogP contribution is -2.37. The summed E-state index contributed by atoms with van der Waals surface area (Å²) in [4.78, 5) is 31.9. The number of carbonyl (C=O) groups excluding carboxylic acids is 1. The van der Waals surface area contributed by atoms with E-state index in [1.165, 1.54) is 11.8 Å². The first-order valence-corrected chi connectivity index (χ1v) is 12.0. The Balaban J connectivity index is 1.38. The second-order valence-electron chi connectivity index (χ2n) is 8.09. The minimum absolute atomic E-state index is 0.0810. The highest BCUT2D eigenvalue weighted by atomic mass is 32.2. The Labute approximate surface area is 187 Å². The van der Waals surface area contributed by atoms with E-state index < -0.39 is 0 Å². The SMILES string of the molecule is Cc1ccccc1NC(=O)CSc1nc(=O)n(CCCN2CCOCC2)c2c1CCC2. The Morgan fingerprint density at radius 2 is 2.00 bits per heavy atom. The van der Waals surface area contributed by atoms with Crippen LogP contribution in [0, 0.1) is 6.92 Å². The highest BCUT2D eigenvalue weighted by Crippen LogP contribution is 2.29. The number of rotatable bonds is 8. The predicted molar refractivity (Wildman–Crippen MR) is 123 cm³/mol. The Bertz CT molecular complexity index is 985. The summed E-state index contributed by atoms with van der Waals surface area (Å²) in [6.45, 7) is 7.15. The molecule has 0 atom stereocenters. The maximum absolute atomic E-state index is 12.8. The normalized spacial score (nSPS) is 16.3. The number of amides is 1. The van der Waals surface area contributed by atoms with E-state index in [2.05, 4.69) is 15.2 Å². The Hall–Kier alpha value is -2.16. The number of hydrogen-bond donors (Lipinski definition) is 1. The largest absolute Gasteiger partial charge is 0.379 e. The fraction of sp³-hybridized carbons (Fsp3) is 0.522. The Morgan fingerprint density at radius 3 is 2.81 bits per heavy atom. The zero-order chi connectivity index (χ0) is 21.6. The number of thioether (sulfide) groups is 1. The van der Waals surface area contributed by atoms with Crippen LogP contribution in [0.4, 0.5) is 5.69 Å². The van der Waals surface area contributed by atoms with E-state index in [1.807, 2.05) is 35.8 Å². The van der Waals surface area contributed by atoms with E-state index in [9.17, 15) is 9.59 Å². The third kappa shape index (κ3) is 5.56. The van der Waals surface area contributed by atoms with Crippen LogP contribution in [-0.4, -0.2) is 59.0 Å². The molecule has 7 nitrogen and oxygen atoms in total. The predicted octanol–water partition coefficient (Wildman–Crippen LogP) is 2.49. The molecule has 0 unspecified atom stereocenters. The first kappa shape index (κ1) is 22.0. The number of ether oxygens (including phenoxy) is 1. The second-order valence-corrected chi connectivity index (χ2v) is 9.05. The van der Waals surface area contributed by atoms with Crippen LogP contribution in [0.5, 0.6) is 0 Å². The topological polar surface area (TPSA) is 76.5 Å². The van der Waals surface area contributed by atoms with Gasteiger partial charge in [0.2, 0.25) is 5.91 Å². The molecule has 0 radical (unpaired) electrons. The maximum Gasteiger partial charge on any atom is 0.348 e. The molecule has 1 aliphatic heterocycles. The van der Waals surface area contributed by atoms with Crippen LogP contribution in [0.1, 0.15) is 29.7 Å². The highest BCUT2D eigenvalue weighted by Gasteiger charge is 2.22. The average Bonchev–Trinajstić information content (AvgIpc) is 3.26. The monoisotopic (exact) mass is 442 g/mol. The summed E-state index contributed by atoms with van der Waals surface area (Å²) in [6.07, 6.45) is 3.80. The number of nitrogens with one attached hydrogen (secondary N) is 1. The summed E-state index contributed by atoms with van der Waals surface area (Å²) in [7, 11) is 0. The van der Waals surface area contributed by atoms with Crippen LogP contribution in [0.3, 0.4) is 0 Å². The maximum atomic E-state index is 12.8. The van der Waals surface area contributed by atoms with Crippen LogP contribution in [0.25, 0.3) is 0 Å². The third-order valence-corrected chi connectivity index (χ3v) is 6.94. The lowest BCUT2D eigenvalue weighted by Gasteiger charge is -2.26. The van der Waals surface area contributed by atoms with E-state index in [0.717, 1.165) is 86.1 Å². The number of nitrogens with zero attached hydrogens (tertiary/aromatic N) is 3. The zero-order valence-corrected chi connectivity index (χ0v) is 18.9. The van der Waals surface area contributed by atoms with Crippen molar-refractivity contribution in [1.29, 1.82) is 0 Å². The van der Waals surface area contributed by atoms with Crippen molar-refractivity contribution < 1.29 is 9.53 Å². The van der Waals surface area contributed by atoms with Gasteiger partial charge in [-0.1, -0.05) is 30.0 Å². The fourth-order valence-electron chi connectivity index (χ4n) is 4.25. The van der Waals surface area contributed by atoms with Gasteiger partial charge in [0.05, 0.1) is 19.0 Å². The molecule has 2 aliphatic rings. The van der Waals surface area contributed by atoms with Crippen molar-refractivity contribution in [2.75, 3.05) is 43.9 Å². The van der Waals surface area contributed by atoms with Crippen LogP contribution >= 0.6 is 11.8 Å². The summed E-state index contributed by atoms with van der Waals surface area (Å²) in [6, 6.07) is 7.72. The molecule has 1 N–H and O–H groups in total. The number of morpholine rings is 1. The molecule has 31 heavy (non-hydrogen) atoms. The molecule has 2 heterocycles. The van der Waals surface area contributed by atoms with Gasteiger partial charge in [0.1, 0.15) is 5.03 Å². The quantitative estimate of drug-likeness (QED) is 0.500. The molecule has 1 fully saturated rings. The summed E-state index contributed by atoms with van der Waals surface area (Å²) in [5.74, 6) is 0.163. The standard InChI is InChI=1S/C23H30N4O3S/c1-17-6-2-3-8-19(17)24-21(28)16-31-22-18-7-4-9-20(18)27(23(29)25-22)11-5-10-26-12-14-30-15-13-26/h2-3,6,8H,4-5,7,9-16H2,1H3,(H,24,28). The number of carbonyl (C=O) groups is 1. The third-order valence-electron chi connectivity index (χ3n) is 5.92. The van der Waals surface area contributed by atoms with Crippen molar-refractivity contribution in [1.82, 2.24) is 14.5 Å². The Morgan fingerprint density at radius 1 is 1.19 bits per heavy atom. The number of fused-ring (bicyclic) bond motifs is 1. The average molecular weight is 443 g/mol. The molecule has 1 amide bonds. The molecular formula is C23H30N4O3S. The van der Waals surface area contributed by atoms with E-state index in [0.29, 0.717) is 6.54 Å². The molecule has 2 aromatic rings. The van der Waals surface area contributed by atoms with Gasteiger partial charge in [0.15, 0.2) is 0 Å². The van der Waals surface area contributed by atoms with E-state index >= 15 is 0 Å².